The second-order valence-corrected chi connectivity index (χ2v) is 8.69. The van der Waals surface area contributed by atoms with Crippen LogP contribution in [0, 0.1) is 11.8 Å². The summed E-state index contributed by atoms with van der Waals surface area (Å²) in [6.07, 6.45) is 3.16. The van der Waals surface area contributed by atoms with Crippen molar-refractivity contribution in [3.8, 4) is 0 Å². The Labute approximate surface area is 199 Å². The van der Waals surface area contributed by atoms with Crippen LogP contribution < -0.4 is 16.4 Å². The molecule has 2 saturated heterocycles. The summed E-state index contributed by atoms with van der Waals surface area (Å²) in [6, 6.07) is 0. The molecule has 176 valence electrons. The van der Waals surface area contributed by atoms with Gasteiger partial charge in [-0.25, -0.2) is 0 Å². The molecule has 8 nitrogen and oxygen atoms in total. The van der Waals surface area contributed by atoms with Crippen molar-refractivity contribution in [1.29, 1.82) is 0 Å². The number of halogens is 1. The van der Waals surface area contributed by atoms with Gasteiger partial charge in [-0.05, 0) is 45.2 Å². The minimum atomic E-state index is -0.161. The van der Waals surface area contributed by atoms with Crippen LogP contribution in [0.2, 0.25) is 0 Å². The number of hydrogen-bond acceptors (Lipinski definition) is 5. The zero-order valence-corrected chi connectivity index (χ0v) is 21.4. The Morgan fingerprint density at radius 3 is 2.73 bits per heavy atom. The van der Waals surface area contributed by atoms with E-state index in [1.165, 1.54) is 0 Å². The van der Waals surface area contributed by atoms with Crippen molar-refractivity contribution in [2.75, 3.05) is 65.5 Å². The van der Waals surface area contributed by atoms with Crippen molar-refractivity contribution in [2.24, 2.45) is 22.6 Å². The van der Waals surface area contributed by atoms with Crippen molar-refractivity contribution in [2.45, 2.75) is 46.1 Å². The van der Waals surface area contributed by atoms with E-state index < -0.39 is 0 Å². The molecule has 4 N–H and O–H groups in total. The molecule has 2 heterocycles. The summed E-state index contributed by atoms with van der Waals surface area (Å²) in [5.41, 5.74) is 5.47. The van der Waals surface area contributed by atoms with Gasteiger partial charge in [0.05, 0.1) is 25.2 Å². The lowest BCUT2D eigenvalue weighted by Crippen LogP contribution is -2.46. The van der Waals surface area contributed by atoms with Crippen molar-refractivity contribution in [3.63, 3.8) is 0 Å². The summed E-state index contributed by atoms with van der Waals surface area (Å²) >= 11 is 0. The molecule has 2 atom stereocenters. The summed E-state index contributed by atoms with van der Waals surface area (Å²) in [5, 5.41) is 6.75. The van der Waals surface area contributed by atoms with Crippen LogP contribution in [-0.4, -0.2) is 93.3 Å². The molecule has 2 unspecified atom stereocenters. The van der Waals surface area contributed by atoms with E-state index in [1.807, 2.05) is 0 Å². The van der Waals surface area contributed by atoms with Gasteiger partial charge in [-0.1, -0.05) is 13.8 Å². The number of hydrogen-bond donors (Lipinski definition) is 3. The Balaban J connectivity index is 0.00000450. The fraction of sp³-hybridized carbons (Fsp3) is 0.905. The van der Waals surface area contributed by atoms with Crippen LogP contribution in [0.15, 0.2) is 4.99 Å². The highest BCUT2D eigenvalue weighted by Crippen LogP contribution is 2.15. The second-order valence-electron chi connectivity index (χ2n) is 8.69. The van der Waals surface area contributed by atoms with Gasteiger partial charge in [0.1, 0.15) is 0 Å². The monoisotopic (exact) mass is 538 g/mol. The molecule has 2 fully saturated rings. The summed E-state index contributed by atoms with van der Waals surface area (Å²) in [6.45, 7) is 15.7. The first-order chi connectivity index (χ1) is 14.0. The van der Waals surface area contributed by atoms with Gasteiger partial charge in [-0.3, -0.25) is 14.7 Å². The highest BCUT2D eigenvalue weighted by Gasteiger charge is 2.23. The average molecular weight is 539 g/mol. The van der Waals surface area contributed by atoms with Crippen LogP contribution in [0.3, 0.4) is 0 Å². The zero-order valence-electron chi connectivity index (χ0n) is 19.1. The Hall–Kier alpha value is -0.650. The predicted molar refractivity (Wildman–Crippen MR) is 133 cm³/mol. The van der Waals surface area contributed by atoms with Gasteiger partial charge < -0.3 is 26.0 Å². The van der Waals surface area contributed by atoms with E-state index >= 15 is 0 Å². The molecule has 0 aromatic heterocycles. The number of rotatable bonds is 10. The quantitative estimate of drug-likeness (QED) is 0.167. The van der Waals surface area contributed by atoms with Crippen LogP contribution in [0.4, 0.5) is 0 Å². The molecule has 0 aliphatic carbocycles. The number of carbonyl (C=O) groups excluding carboxylic acids is 1. The van der Waals surface area contributed by atoms with E-state index in [1.54, 1.807) is 0 Å². The summed E-state index contributed by atoms with van der Waals surface area (Å²) < 4.78 is 5.90. The molecule has 0 radical (unpaired) electrons. The van der Waals surface area contributed by atoms with E-state index in [0.717, 1.165) is 84.2 Å². The molecule has 0 bridgehead atoms. The first-order valence-corrected chi connectivity index (χ1v) is 11.4. The minimum Gasteiger partial charge on any atom is -0.374 e. The normalized spacial score (nSPS) is 23.8. The molecular weight excluding hydrogens is 495 g/mol. The molecular formula is C21H43IN6O2. The number of guanidine groups is 1. The predicted octanol–water partition coefficient (Wildman–Crippen LogP) is 1.10. The van der Waals surface area contributed by atoms with Crippen LogP contribution in [-0.2, 0) is 9.53 Å². The molecule has 2 aliphatic rings. The fourth-order valence-corrected chi connectivity index (χ4v) is 4.11. The van der Waals surface area contributed by atoms with Crippen molar-refractivity contribution in [3.05, 3.63) is 0 Å². The number of likely N-dealkylation sites (tertiary alicyclic amines) is 1. The number of nitrogens with zero attached hydrogens (tertiary/aromatic N) is 3. The molecule has 2 aliphatic heterocycles. The number of ether oxygens (including phenoxy) is 1. The highest BCUT2D eigenvalue weighted by molar-refractivity contribution is 14.0. The fourth-order valence-electron chi connectivity index (χ4n) is 4.11. The van der Waals surface area contributed by atoms with Gasteiger partial charge in [0.15, 0.2) is 5.96 Å². The van der Waals surface area contributed by atoms with E-state index in [0.29, 0.717) is 12.5 Å². The third kappa shape index (κ3) is 10.6. The van der Waals surface area contributed by atoms with Gasteiger partial charge >= 0.3 is 0 Å². The SMILES string of the molecule is CCNC(=NCC1CN(CC(C)C)CCO1)NCCCN1CCCC(C(N)=O)C1.I. The zero-order chi connectivity index (χ0) is 21.1. The number of nitrogens with two attached hydrogens (primary N) is 1. The van der Waals surface area contributed by atoms with Gasteiger partial charge in [0.2, 0.25) is 5.91 Å². The number of amides is 1. The summed E-state index contributed by atoms with van der Waals surface area (Å²) in [5.74, 6) is 1.38. The third-order valence-corrected chi connectivity index (χ3v) is 5.49. The van der Waals surface area contributed by atoms with Crippen molar-refractivity contribution >= 4 is 35.8 Å². The van der Waals surface area contributed by atoms with E-state index in [4.69, 9.17) is 15.5 Å². The van der Waals surface area contributed by atoms with E-state index in [-0.39, 0.29) is 41.9 Å². The van der Waals surface area contributed by atoms with Crippen molar-refractivity contribution < 1.29 is 9.53 Å². The lowest BCUT2D eigenvalue weighted by Gasteiger charge is -2.33. The average Bonchev–Trinajstić information content (AvgIpc) is 2.69. The van der Waals surface area contributed by atoms with Gasteiger partial charge in [-0.2, -0.15) is 0 Å². The number of aliphatic imine (C=N–C) groups is 1. The van der Waals surface area contributed by atoms with E-state index in [2.05, 4.69) is 41.2 Å². The molecule has 30 heavy (non-hydrogen) atoms. The van der Waals surface area contributed by atoms with Crippen LogP contribution in [0.5, 0.6) is 0 Å². The molecule has 2 rings (SSSR count). The number of carbonyl (C=O) groups is 1. The molecule has 9 heteroatoms. The largest absolute Gasteiger partial charge is 0.374 e. The van der Waals surface area contributed by atoms with Crippen LogP contribution in [0.1, 0.15) is 40.0 Å². The molecule has 0 spiro atoms. The topological polar surface area (TPSA) is 95.2 Å². The lowest BCUT2D eigenvalue weighted by molar-refractivity contribution is -0.123. The standard InChI is InChI=1S/C21H42N6O2.HI/c1-4-23-21(25-13-19-16-27(11-12-29-19)14-17(2)3)24-8-6-10-26-9-5-7-18(15-26)20(22)28;/h17-19H,4-16H2,1-3H3,(H2,22,28)(H2,23,24,25);1H. The number of nitrogens with one attached hydrogen (secondary N) is 2. The maximum absolute atomic E-state index is 11.4. The minimum absolute atomic E-state index is 0. The van der Waals surface area contributed by atoms with Gasteiger partial charge in [0, 0.05) is 39.3 Å². The van der Waals surface area contributed by atoms with Crippen molar-refractivity contribution in [1.82, 2.24) is 20.4 Å². The first-order valence-electron chi connectivity index (χ1n) is 11.4. The Kier molecular flexibility index (Phi) is 13.9. The van der Waals surface area contributed by atoms with Crippen LogP contribution in [0.25, 0.3) is 0 Å². The Morgan fingerprint density at radius 1 is 1.23 bits per heavy atom. The van der Waals surface area contributed by atoms with Gasteiger partial charge in [-0.15, -0.1) is 24.0 Å². The first kappa shape index (κ1) is 27.4. The Morgan fingerprint density at radius 2 is 2.03 bits per heavy atom. The van der Waals surface area contributed by atoms with Crippen LogP contribution >= 0.6 is 24.0 Å². The maximum atomic E-state index is 11.4. The summed E-state index contributed by atoms with van der Waals surface area (Å²) in [4.78, 5) is 21.0. The number of primary amides is 1. The summed E-state index contributed by atoms with van der Waals surface area (Å²) in [7, 11) is 0. The molecule has 1 amide bonds. The molecule has 0 saturated carbocycles. The number of piperidine rings is 1. The van der Waals surface area contributed by atoms with E-state index in [9.17, 15) is 4.79 Å². The maximum Gasteiger partial charge on any atom is 0.221 e. The molecule has 0 aromatic carbocycles. The highest BCUT2D eigenvalue weighted by atomic mass is 127. The Bertz CT molecular complexity index is 520. The second kappa shape index (κ2) is 15.2. The third-order valence-electron chi connectivity index (χ3n) is 5.49. The smallest absolute Gasteiger partial charge is 0.221 e. The lowest BCUT2D eigenvalue weighted by atomic mass is 9.97. The van der Waals surface area contributed by atoms with Gasteiger partial charge in [0.25, 0.3) is 0 Å². The number of morpholine rings is 1. The molecule has 0 aromatic rings.